The van der Waals surface area contributed by atoms with Crippen LogP contribution in [-0.2, 0) is 24.2 Å². The van der Waals surface area contributed by atoms with Crippen molar-refractivity contribution in [3.05, 3.63) is 82.0 Å². The Morgan fingerprint density at radius 1 is 1.15 bits per heavy atom. The van der Waals surface area contributed by atoms with Gasteiger partial charge in [-0.05, 0) is 65.0 Å². The highest BCUT2D eigenvalue weighted by Crippen LogP contribution is 2.46. The van der Waals surface area contributed by atoms with Crippen molar-refractivity contribution in [3.8, 4) is 11.5 Å². The molecule has 1 amide bonds. The lowest BCUT2D eigenvalue weighted by atomic mass is 9.84. The van der Waals surface area contributed by atoms with Crippen LogP contribution in [0.1, 0.15) is 80.4 Å². The highest BCUT2D eigenvalue weighted by atomic mass is 16.5. The van der Waals surface area contributed by atoms with Crippen molar-refractivity contribution in [3.63, 3.8) is 0 Å². The summed E-state index contributed by atoms with van der Waals surface area (Å²) in [7, 11) is 0. The molecule has 0 aromatic heterocycles. The second kappa shape index (κ2) is 11.7. The monoisotopic (exact) mass is 533 g/mol. The van der Waals surface area contributed by atoms with Gasteiger partial charge >= 0.3 is 5.97 Å². The van der Waals surface area contributed by atoms with E-state index in [0.717, 1.165) is 18.4 Å². The van der Waals surface area contributed by atoms with Crippen molar-refractivity contribution < 1.29 is 29.6 Å². The molecule has 39 heavy (non-hydrogen) atoms. The van der Waals surface area contributed by atoms with Crippen LogP contribution in [0.25, 0.3) is 0 Å². The number of allylic oxidation sites excluding steroid dienone is 4. The van der Waals surface area contributed by atoms with E-state index in [1.165, 1.54) is 22.1 Å². The van der Waals surface area contributed by atoms with Crippen molar-refractivity contribution in [1.29, 1.82) is 0 Å². The molecule has 0 radical (unpaired) electrons. The third kappa shape index (κ3) is 6.19. The maximum absolute atomic E-state index is 13.4. The Hall–Kier alpha value is -3.58. The Morgan fingerprint density at radius 3 is 2.54 bits per heavy atom. The molecule has 2 aromatic carbocycles. The average Bonchev–Trinajstić information content (AvgIpc) is 3.20. The van der Waals surface area contributed by atoms with Gasteiger partial charge in [0.1, 0.15) is 23.1 Å². The van der Waals surface area contributed by atoms with Gasteiger partial charge in [-0.15, -0.1) is 0 Å². The number of hydrogen-bond donors (Lipinski definition) is 3. The first-order valence-electron chi connectivity index (χ1n) is 13.6. The summed E-state index contributed by atoms with van der Waals surface area (Å²) >= 11 is 0. The van der Waals surface area contributed by atoms with Gasteiger partial charge < -0.3 is 25.0 Å². The number of aliphatic carboxylic acids is 1. The fraction of sp³-hybridized carbons (Fsp3) is 0.438. The summed E-state index contributed by atoms with van der Waals surface area (Å²) in [6.07, 6.45) is 7.15. The topological polar surface area (TPSA) is 107 Å². The number of phenolic OH excluding ortho intramolecular Hbond substituents is 1. The van der Waals surface area contributed by atoms with E-state index in [9.17, 15) is 24.9 Å². The van der Waals surface area contributed by atoms with Crippen molar-refractivity contribution in [2.24, 2.45) is 0 Å². The fourth-order valence-corrected chi connectivity index (χ4v) is 5.44. The highest BCUT2D eigenvalue weighted by Gasteiger charge is 2.45. The number of carbonyl (C=O) groups excluding carboxylic acids is 1. The Labute approximate surface area is 230 Å². The molecule has 3 N–H and O–H groups in total. The molecular weight excluding hydrogens is 494 g/mol. The Morgan fingerprint density at radius 2 is 1.87 bits per heavy atom. The number of rotatable bonds is 10. The third-order valence-electron chi connectivity index (χ3n) is 7.88. The lowest BCUT2D eigenvalue weighted by Crippen LogP contribution is -2.49. The van der Waals surface area contributed by atoms with Gasteiger partial charge in [-0.25, -0.2) is 4.79 Å². The van der Waals surface area contributed by atoms with Crippen molar-refractivity contribution in [1.82, 2.24) is 4.90 Å². The van der Waals surface area contributed by atoms with Crippen LogP contribution in [0.5, 0.6) is 11.5 Å². The quantitative estimate of drug-likeness (QED) is 0.345. The number of ether oxygens (including phenoxy) is 1. The largest absolute Gasteiger partial charge is 0.508 e. The van der Waals surface area contributed by atoms with E-state index in [1.807, 2.05) is 37.3 Å². The number of aliphatic hydroxyl groups is 1. The number of phenols is 1. The summed E-state index contributed by atoms with van der Waals surface area (Å²) in [5, 5.41) is 31.8. The molecule has 0 saturated heterocycles. The number of carbonyl (C=O) groups is 2. The van der Waals surface area contributed by atoms with Crippen LogP contribution in [0.3, 0.4) is 0 Å². The molecule has 0 fully saturated rings. The average molecular weight is 534 g/mol. The zero-order chi connectivity index (χ0) is 28.3. The van der Waals surface area contributed by atoms with Crippen molar-refractivity contribution >= 4 is 11.9 Å². The summed E-state index contributed by atoms with van der Waals surface area (Å²) in [5.41, 5.74) is 3.75. The van der Waals surface area contributed by atoms with E-state index < -0.39 is 29.6 Å². The standard InChI is InChI=1S/C32H39NO6/c1-20(2)10-8-11-21(3)12-9-15-32(4)28(35)18-24-27(34)17-23-25(29(24)39-32)19-33(30(23)36)26(31(37)38)16-22-13-6-5-7-14-22/h5-7,10,12-14,17,26,28,34-35H,8-9,11,15-16,18-19H2,1-4H3,(H,37,38)/t26-,28+,32+/m0/s1. The summed E-state index contributed by atoms with van der Waals surface area (Å²) in [6, 6.07) is 9.53. The van der Waals surface area contributed by atoms with Crippen LogP contribution in [0.15, 0.2) is 59.7 Å². The second-order valence-electron chi connectivity index (χ2n) is 11.3. The van der Waals surface area contributed by atoms with E-state index in [-0.39, 0.29) is 30.7 Å². The minimum Gasteiger partial charge on any atom is -0.508 e. The van der Waals surface area contributed by atoms with Crippen LogP contribution >= 0.6 is 0 Å². The van der Waals surface area contributed by atoms with Gasteiger partial charge in [-0.2, -0.15) is 0 Å². The smallest absolute Gasteiger partial charge is 0.326 e. The normalized spacial score (nSPS) is 21.2. The Bertz CT molecular complexity index is 1290. The molecule has 2 aliphatic heterocycles. The summed E-state index contributed by atoms with van der Waals surface area (Å²) in [4.78, 5) is 27.0. The number of hydrogen-bond acceptors (Lipinski definition) is 5. The molecule has 4 rings (SSSR count). The molecule has 208 valence electrons. The molecule has 0 saturated carbocycles. The number of amides is 1. The second-order valence-corrected chi connectivity index (χ2v) is 11.3. The zero-order valence-electron chi connectivity index (χ0n) is 23.2. The Kier molecular flexibility index (Phi) is 8.50. The highest BCUT2D eigenvalue weighted by molar-refractivity contribution is 6.02. The maximum atomic E-state index is 13.4. The number of fused-ring (bicyclic) bond motifs is 3. The Balaban J connectivity index is 1.56. The van der Waals surface area contributed by atoms with Gasteiger partial charge in [0.2, 0.25) is 0 Å². The summed E-state index contributed by atoms with van der Waals surface area (Å²) < 4.78 is 6.43. The van der Waals surface area contributed by atoms with Gasteiger partial charge in [-0.1, -0.05) is 53.6 Å². The van der Waals surface area contributed by atoms with Crippen LogP contribution in [0.2, 0.25) is 0 Å². The van der Waals surface area contributed by atoms with Gasteiger partial charge in [-0.3, -0.25) is 4.79 Å². The van der Waals surface area contributed by atoms with Crippen LogP contribution < -0.4 is 4.74 Å². The molecule has 2 aromatic rings. The fourth-order valence-electron chi connectivity index (χ4n) is 5.44. The van der Waals surface area contributed by atoms with Crippen LogP contribution in [0.4, 0.5) is 0 Å². The summed E-state index contributed by atoms with van der Waals surface area (Å²) in [6.45, 7) is 8.20. The van der Waals surface area contributed by atoms with E-state index in [1.54, 1.807) is 0 Å². The zero-order valence-corrected chi connectivity index (χ0v) is 23.2. The number of nitrogens with zero attached hydrogens (tertiary/aromatic N) is 1. The number of carboxylic acids is 1. The molecule has 0 bridgehead atoms. The predicted molar refractivity (Wildman–Crippen MR) is 150 cm³/mol. The van der Waals surface area contributed by atoms with E-state index in [0.29, 0.717) is 29.7 Å². The van der Waals surface area contributed by atoms with E-state index in [2.05, 4.69) is 32.9 Å². The van der Waals surface area contributed by atoms with Gasteiger partial charge in [0.05, 0.1) is 18.2 Å². The first-order valence-corrected chi connectivity index (χ1v) is 13.6. The molecule has 0 aliphatic carbocycles. The molecule has 3 atom stereocenters. The number of carboxylic acid groups (broad SMARTS) is 1. The van der Waals surface area contributed by atoms with E-state index in [4.69, 9.17) is 4.74 Å². The van der Waals surface area contributed by atoms with Crippen molar-refractivity contribution in [2.75, 3.05) is 0 Å². The number of aliphatic hydroxyl groups excluding tert-OH is 1. The van der Waals surface area contributed by atoms with Gasteiger partial charge in [0, 0.05) is 24.0 Å². The third-order valence-corrected chi connectivity index (χ3v) is 7.88. The molecule has 7 nitrogen and oxygen atoms in total. The number of aromatic hydroxyl groups is 1. The molecule has 2 heterocycles. The molecule has 0 spiro atoms. The number of benzene rings is 2. The minimum absolute atomic E-state index is 0.0656. The molecular formula is C32H39NO6. The van der Waals surface area contributed by atoms with E-state index >= 15 is 0 Å². The van der Waals surface area contributed by atoms with Crippen LogP contribution in [0, 0.1) is 0 Å². The van der Waals surface area contributed by atoms with Gasteiger partial charge in [0.25, 0.3) is 5.91 Å². The first kappa shape index (κ1) is 28.4. The maximum Gasteiger partial charge on any atom is 0.326 e. The van der Waals surface area contributed by atoms with Gasteiger partial charge in [0.15, 0.2) is 0 Å². The molecule has 0 unspecified atom stereocenters. The predicted octanol–water partition coefficient (Wildman–Crippen LogP) is 5.57. The lowest BCUT2D eigenvalue weighted by Gasteiger charge is -2.41. The minimum atomic E-state index is -1.09. The lowest BCUT2D eigenvalue weighted by molar-refractivity contribution is -0.142. The summed E-state index contributed by atoms with van der Waals surface area (Å²) in [5.74, 6) is -1.27. The SMILES string of the molecule is CC(C)=CCCC(C)=CCC[C@@]1(C)Oc2c(c(O)cc3c2CN([C@@H](Cc2ccccc2)C(=O)O)C3=O)C[C@H]1O. The molecule has 7 heteroatoms. The first-order chi connectivity index (χ1) is 18.5. The van der Waals surface area contributed by atoms with Crippen molar-refractivity contribution in [2.45, 2.75) is 90.5 Å². The molecule has 2 aliphatic rings. The van der Waals surface area contributed by atoms with Crippen LogP contribution in [-0.4, -0.2) is 49.8 Å².